The molecule has 2 aromatic rings. The Morgan fingerprint density at radius 1 is 1.25 bits per heavy atom. The van der Waals surface area contributed by atoms with Gasteiger partial charge in [0.15, 0.2) is 6.54 Å². The summed E-state index contributed by atoms with van der Waals surface area (Å²) in [6, 6.07) is 12.6. The van der Waals surface area contributed by atoms with Crippen LogP contribution in [0.25, 0.3) is 0 Å². The number of anilines is 1. The summed E-state index contributed by atoms with van der Waals surface area (Å²) in [6.45, 7) is 2.62. The number of rotatable bonds is 6. The van der Waals surface area contributed by atoms with E-state index in [9.17, 15) is 14.9 Å². The smallest absolute Gasteiger partial charge is 0.279 e. The molecule has 126 valence electrons. The number of halogens is 1. The maximum absolute atomic E-state index is 12.2. The first-order chi connectivity index (χ1) is 11.4. The van der Waals surface area contributed by atoms with Gasteiger partial charge in [-0.05, 0) is 25.1 Å². The molecule has 7 heteroatoms. The number of benzene rings is 2. The molecule has 2 rings (SSSR count). The van der Waals surface area contributed by atoms with Gasteiger partial charge >= 0.3 is 0 Å². The molecular weight excluding hydrogens is 374 g/mol. The highest BCUT2D eigenvalue weighted by Crippen LogP contribution is 2.24. The van der Waals surface area contributed by atoms with Crippen molar-refractivity contribution in [2.75, 3.05) is 18.9 Å². The first kappa shape index (κ1) is 18.1. The van der Waals surface area contributed by atoms with Crippen molar-refractivity contribution in [2.24, 2.45) is 0 Å². The number of carbonyl (C=O) groups is 1. The number of hydrogen-bond acceptors (Lipinski definition) is 3. The van der Waals surface area contributed by atoms with Gasteiger partial charge in [-0.2, -0.15) is 0 Å². The van der Waals surface area contributed by atoms with Gasteiger partial charge in [-0.3, -0.25) is 14.9 Å². The van der Waals surface area contributed by atoms with Crippen molar-refractivity contribution >= 4 is 33.2 Å². The number of carbonyl (C=O) groups excluding carboxylic acids is 1. The Morgan fingerprint density at radius 2 is 1.92 bits per heavy atom. The number of quaternary nitrogens is 1. The first-order valence-corrected chi connectivity index (χ1v) is 8.25. The average Bonchev–Trinajstić information content (AvgIpc) is 2.51. The van der Waals surface area contributed by atoms with E-state index < -0.39 is 4.92 Å². The van der Waals surface area contributed by atoms with Gasteiger partial charge in [-0.1, -0.05) is 34.1 Å². The minimum Gasteiger partial charge on any atom is -0.326 e. The fourth-order valence-corrected chi connectivity index (χ4v) is 2.70. The quantitative estimate of drug-likeness (QED) is 0.584. The van der Waals surface area contributed by atoms with Crippen LogP contribution in [0.3, 0.4) is 0 Å². The molecule has 0 aliphatic rings. The van der Waals surface area contributed by atoms with Crippen molar-refractivity contribution in [1.82, 2.24) is 0 Å². The molecule has 2 aromatic carbocycles. The molecule has 2 N–H and O–H groups in total. The first-order valence-electron chi connectivity index (χ1n) is 7.46. The Labute approximate surface area is 148 Å². The summed E-state index contributed by atoms with van der Waals surface area (Å²) < 4.78 is 1.02. The highest BCUT2D eigenvalue weighted by Gasteiger charge is 2.16. The van der Waals surface area contributed by atoms with Crippen molar-refractivity contribution in [3.63, 3.8) is 0 Å². The monoisotopic (exact) mass is 392 g/mol. The largest absolute Gasteiger partial charge is 0.326 e. The lowest BCUT2D eigenvalue weighted by Gasteiger charge is -2.14. The SMILES string of the molecule is Cc1c(NC(=O)C[NH+](C)Cc2ccc(Br)cc2)cccc1[N+](=O)[O-]. The molecule has 1 unspecified atom stereocenters. The molecule has 0 radical (unpaired) electrons. The zero-order valence-corrected chi connectivity index (χ0v) is 15.1. The number of nitro groups is 1. The minimum atomic E-state index is -0.449. The number of hydrogen-bond donors (Lipinski definition) is 2. The molecule has 0 saturated heterocycles. The maximum atomic E-state index is 12.2. The van der Waals surface area contributed by atoms with Gasteiger partial charge in [-0.25, -0.2) is 0 Å². The van der Waals surface area contributed by atoms with Crippen molar-refractivity contribution in [1.29, 1.82) is 0 Å². The Kier molecular flexibility index (Phi) is 6.05. The molecule has 0 aliphatic carbocycles. The van der Waals surface area contributed by atoms with Gasteiger partial charge in [0.2, 0.25) is 0 Å². The van der Waals surface area contributed by atoms with E-state index in [0.717, 1.165) is 14.9 Å². The van der Waals surface area contributed by atoms with E-state index >= 15 is 0 Å². The van der Waals surface area contributed by atoms with E-state index in [4.69, 9.17) is 0 Å². The van der Waals surface area contributed by atoms with Gasteiger partial charge in [-0.15, -0.1) is 0 Å². The summed E-state index contributed by atoms with van der Waals surface area (Å²) >= 11 is 3.39. The number of nitrogens with zero attached hydrogens (tertiary/aromatic N) is 1. The van der Waals surface area contributed by atoms with E-state index in [0.29, 0.717) is 17.8 Å². The molecule has 6 nitrogen and oxygen atoms in total. The summed E-state index contributed by atoms with van der Waals surface area (Å²) in [7, 11) is 1.93. The van der Waals surface area contributed by atoms with Crippen LogP contribution in [0.4, 0.5) is 11.4 Å². The summed E-state index contributed by atoms with van der Waals surface area (Å²) in [5.74, 6) is -0.173. The van der Waals surface area contributed by atoms with Gasteiger partial charge in [0.05, 0.1) is 23.2 Å². The molecule has 0 bridgehead atoms. The van der Waals surface area contributed by atoms with E-state index in [1.807, 2.05) is 31.3 Å². The number of nitro benzene ring substituents is 1. The van der Waals surface area contributed by atoms with Crippen molar-refractivity contribution in [3.8, 4) is 0 Å². The van der Waals surface area contributed by atoms with Crippen LogP contribution < -0.4 is 10.2 Å². The van der Waals surface area contributed by atoms with Crippen LogP contribution in [0.15, 0.2) is 46.9 Å². The van der Waals surface area contributed by atoms with E-state index in [2.05, 4.69) is 21.2 Å². The second-order valence-electron chi connectivity index (χ2n) is 5.69. The van der Waals surface area contributed by atoms with Crippen LogP contribution in [0.1, 0.15) is 11.1 Å². The molecule has 0 spiro atoms. The summed E-state index contributed by atoms with van der Waals surface area (Å²) in [4.78, 5) is 23.7. The highest BCUT2D eigenvalue weighted by atomic mass is 79.9. The lowest BCUT2D eigenvalue weighted by molar-refractivity contribution is -0.885. The normalized spacial score (nSPS) is 11.8. The predicted octanol–water partition coefficient (Wildman–Crippen LogP) is 2.32. The molecule has 0 heterocycles. The van der Waals surface area contributed by atoms with Crippen molar-refractivity contribution in [2.45, 2.75) is 13.5 Å². The van der Waals surface area contributed by atoms with Crippen LogP contribution in [-0.4, -0.2) is 24.4 Å². The van der Waals surface area contributed by atoms with Gasteiger partial charge in [0, 0.05) is 16.1 Å². The lowest BCUT2D eigenvalue weighted by Crippen LogP contribution is -3.08. The standard InChI is InChI=1S/C17H18BrN3O3/c1-12-15(4-3-5-16(12)21(23)24)19-17(22)11-20(2)10-13-6-8-14(18)9-7-13/h3-9H,10-11H2,1-2H3,(H,19,22)/p+1. The van der Waals surface area contributed by atoms with Gasteiger partial charge in [0.1, 0.15) is 6.54 Å². The van der Waals surface area contributed by atoms with Gasteiger partial charge < -0.3 is 10.2 Å². The van der Waals surface area contributed by atoms with Gasteiger partial charge in [0.25, 0.3) is 11.6 Å². The fourth-order valence-electron chi connectivity index (χ4n) is 2.44. The lowest BCUT2D eigenvalue weighted by atomic mass is 10.1. The molecule has 1 atom stereocenters. The number of nitrogens with one attached hydrogen (secondary N) is 2. The number of likely N-dealkylation sites (N-methyl/N-ethyl adjacent to an activating group) is 1. The highest BCUT2D eigenvalue weighted by molar-refractivity contribution is 9.10. The van der Waals surface area contributed by atoms with Crippen molar-refractivity contribution < 1.29 is 14.6 Å². The van der Waals surface area contributed by atoms with Crippen LogP contribution in [-0.2, 0) is 11.3 Å². The zero-order chi connectivity index (χ0) is 17.7. The third-order valence-electron chi connectivity index (χ3n) is 3.66. The number of amides is 1. The Hall–Kier alpha value is -2.25. The predicted molar refractivity (Wildman–Crippen MR) is 96.1 cm³/mol. The topological polar surface area (TPSA) is 76.7 Å². The maximum Gasteiger partial charge on any atom is 0.279 e. The van der Waals surface area contributed by atoms with Crippen LogP contribution >= 0.6 is 15.9 Å². The summed E-state index contributed by atoms with van der Waals surface area (Å²) in [5.41, 5.74) is 2.07. The molecule has 0 aliphatic heterocycles. The Bertz CT molecular complexity index is 747. The van der Waals surface area contributed by atoms with Crippen LogP contribution in [0.2, 0.25) is 0 Å². The zero-order valence-electron chi connectivity index (χ0n) is 13.5. The Balaban J connectivity index is 1.96. The molecule has 0 saturated carbocycles. The molecule has 24 heavy (non-hydrogen) atoms. The third-order valence-corrected chi connectivity index (χ3v) is 4.19. The fraction of sp³-hybridized carbons (Fsp3) is 0.235. The second-order valence-corrected chi connectivity index (χ2v) is 6.61. The van der Waals surface area contributed by atoms with E-state index in [1.54, 1.807) is 19.1 Å². The average molecular weight is 393 g/mol. The van der Waals surface area contributed by atoms with Crippen LogP contribution in [0, 0.1) is 17.0 Å². The van der Waals surface area contributed by atoms with E-state index in [-0.39, 0.29) is 18.1 Å². The molecular formula is C17H19BrN3O3+. The Morgan fingerprint density at radius 3 is 2.54 bits per heavy atom. The summed E-state index contributed by atoms with van der Waals surface area (Å²) in [6.07, 6.45) is 0. The molecule has 0 fully saturated rings. The molecule has 1 amide bonds. The van der Waals surface area contributed by atoms with Crippen molar-refractivity contribution in [3.05, 3.63) is 68.2 Å². The summed E-state index contributed by atoms with van der Waals surface area (Å²) in [5, 5.41) is 13.7. The van der Waals surface area contributed by atoms with Crippen LogP contribution in [0.5, 0.6) is 0 Å². The second kappa shape index (κ2) is 8.03. The molecule has 0 aromatic heterocycles. The minimum absolute atomic E-state index is 0.00311. The third kappa shape index (κ3) is 4.87. The van der Waals surface area contributed by atoms with E-state index in [1.165, 1.54) is 6.07 Å².